The van der Waals surface area contributed by atoms with Crippen LogP contribution < -0.4 is 5.32 Å². The van der Waals surface area contributed by atoms with Crippen molar-refractivity contribution >= 4 is 50.4 Å². The van der Waals surface area contributed by atoms with E-state index in [1.807, 2.05) is 22.5 Å². The molecule has 0 bridgehead atoms. The van der Waals surface area contributed by atoms with Crippen molar-refractivity contribution in [1.29, 1.82) is 0 Å². The van der Waals surface area contributed by atoms with E-state index in [-0.39, 0.29) is 11.8 Å². The van der Waals surface area contributed by atoms with Crippen molar-refractivity contribution in [2.75, 3.05) is 13.1 Å². The molecule has 0 spiro atoms. The van der Waals surface area contributed by atoms with Gasteiger partial charge in [0.05, 0.1) is 13.7 Å². The van der Waals surface area contributed by atoms with E-state index in [2.05, 4.69) is 26.2 Å². The molecule has 2 amide bonds. The van der Waals surface area contributed by atoms with Crippen LogP contribution in [0.1, 0.15) is 40.4 Å². The van der Waals surface area contributed by atoms with E-state index in [0.29, 0.717) is 17.3 Å². The molecule has 3 heterocycles. The summed E-state index contributed by atoms with van der Waals surface area (Å²) >= 11 is 6.34. The van der Waals surface area contributed by atoms with Crippen molar-refractivity contribution in [3.8, 4) is 0 Å². The van der Waals surface area contributed by atoms with Crippen molar-refractivity contribution < 1.29 is 9.59 Å². The van der Waals surface area contributed by atoms with E-state index >= 15 is 0 Å². The predicted octanol–water partition coefficient (Wildman–Crippen LogP) is 3.49. The van der Waals surface area contributed by atoms with Crippen LogP contribution in [0.15, 0.2) is 27.5 Å². The minimum absolute atomic E-state index is 0.0276. The normalized spacial score (nSPS) is 19.1. The van der Waals surface area contributed by atoms with Gasteiger partial charge in [0.25, 0.3) is 5.91 Å². The lowest BCUT2D eigenvalue weighted by Gasteiger charge is -2.33. The van der Waals surface area contributed by atoms with Crippen LogP contribution in [0.3, 0.4) is 0 Å². The van der Waals surface area contributed by atoms with E-state index < -0.39 is 6.04 Å². The van der Waals surface area contributed by atoms with Crippen molar-refractivity contribution in [2.45, 2.75) is 31.7 Å². The van der Waals surface area contributed by atoms with Gasteiger partial charge in [-0.15, -0.1) is 22.7 Å². The van der Waals surface area contributed by atoms with Gasteiger partial charge in [0.1, 0.15) is 6.04 Å². The van der Waals surface area contributed by atoms with E-state index in [9.17, 15) is 9.59 Å². The topological polar surface area (TPSA) is 62.3 Å². The fourth-order valence-electron chi connectivity index (χ4n) is 2.85. The molecule has 3 rings (SSSR count). The molecule has 8 heteroatoms. The van der Waals surface area contributed by atoms with Crippen molar-refractivity contribution in [3.63, 3.8) is 0 Å². The highest BCUT2D eigenvalue weighted by Crippen LogP contribution is 2.28. The van der Waals surface area contributed by atoms with Gasteiger partial charge in [-0.05, 0) is 47.8 Å². The van der Waals surface area contributed by atoms with Crippen LogP contribution in [0, 0.1) is 0 Å². The number of piperidine rings is 1. The van der Waals surface area contributed by atoms with E-state index in [1.54, 1.807) is 24.3 Å². The number of aromatic nitrogens is 1. The average molecular weight is 428 g/mol. The Hall–Kier alpha value is -1.25. The Morgan fingerprint density at radius 3 is 2.96 bits per heavy atom. The maximum absolute atomic E-state index is 12.7. The molecule has 128 valence electrons. The average Bonchev–Trinajstić information content (AvgIpc) is 3.25. The summed E-state index contributed by atoms with van der Waals surface area (Å²) in [5, 5.41) is 5.86. The third-order valence-electron chi connectivity index (χ3n) is 4.05. The van der Waals surface area contributed by atoms with Gasteiger partial charge in [-0.3, -0.25) is 9.59 Å². The number of likely N-dealkylation sites (tertiary alicyclic amines) is 1. The van der Waals surface area contributed by atoms with Crippen LogP contribution in [0.25, 0.3) is 0 Å². The summed E-state index contributed by atoms with van der Waals surface area (Å²) in [6.07, 6.45) is 3.83. The number of carbonyl (C=O) groups excluding carboxylic acids is 2. The van der Waals surface area contributed by atoms with Crippen LogP contribution in [0.4, 0.5) is 0 Å². The number of thiazole rings is 1. The van der Waals surface area contributed by atoms with Crippen LogP contribution in [-0.2, 0) is 4.79 Å². The molecule has 24 heavy (non-hydrogen) atoms. The molecule has 0 aromatic carbocycles. The molecule has 2 atom stereocenters. The fraction of sp³-hybridized carbons (Fsp3) is 0.438. The highest BCUT2D eigenvalue weighted by Gasteiger charge is 2.29. The number of halogens is 1. The molecule has 1 aliphatic heterocycles. The smallest absolute Gasteiger partial charge is 0.262 e. The van der Waals surface area contributed by atoms with E-state index in [0.717, 1.165) is 28.2 Å². The first-order valence-electron chi connectivity index (χ1n) is 7.79. The predicted molar refractivity (Wildman–Crippen MR) is 99.6 cm³/mol. The summed E-state index contributed by atoms with van der Waals surface area (Å²) in [5.74, 6) is 0.0686. The van der Waals surface area contributed by atoms with Crippen molar-refractivity contribution in [1.82, 2.24) is 15.2 Å². The monoisotopic (exact) mass is 427 g/mol. The largest absolute Gasteiger partial charge is 0.340 e. The Morgan fingerprint density at radius 1 is 1.46 bits per heavy atom. The molecule has 0 aliphatic carbocycles. The lowest BCUT2D eigenvalue weighted by molar-refractivity contribution is -0.134. The molecule has 1 fully saturated rings. The summed E-state index contributed by atoms with van der Waals surface area (Å²) < 4.78 is 0.897. The molecule has 1 aliphatic rings. The highest BCUT2D eigenvalue weighted by molar-refractivity contribution is 9.11. The SMILES string of the molecule is CC(NC(=O)c1ccc(Br)s1)C(=O)N1CCCC(c2nccs2)C1. The van der Waals surface area contributed by atoms with Crippen LogP contribution in [0.2, 0.25) is 0 Å². The Bertz CT molecular complexity index is 717. The molecule has 5 nitrogen and oxygen atoms in total. The molecule has 1 saturated heterocycles. The lowest BCUT2D eigenvalue weighted by Crippen LogP contribution is -2.49. The second-order valence-corrected chi connectivity index (χ2v) is 9.18. The van der Waals surface area contributed by atoms with Crippen LogP contribution >= 0.6 is 38.6 Å². The van der Waals surface area contributed by atoms with Crippen LogP contribution in [-0.4, -0.2) is 40.8 Å². The molecule has 2 unspecified atom stereocenters. The third-order valence-corrected chi connectivity index (χ3v) is 6.61. The van der Waals surface area contributed by atoms with E-state index in [4.69, 9.17) is 0 Å². The van der Waals surface area contributed by atoms with Gasteiger partial charge in [-0.2, -0.15) is 0 Å². The molecular weight excluding hydrogens is 410 g/mol. The van der Waals surface area contributed by atoms with E-state index in [1.165, 1.54) is 11.3 Å². The first-order valence-corrected chi connectivity index (χ1v) is 10.3. The zero-order valence-electron chi connectivity index (χ0n) is 13.2. The van der Waals surface area contributed by atoms with Crippen molar-refractivity contribution in [2.24, 2.45) is 0 Å². The molecular formula is C16H18BrN3O2S2. The Labute approximate surface area is 157 Å². The molecule has 0 radical (unpaired) electrons. The maximum atomic E-state index is 12.7. The molecule has 0 saturated carbocycles. The first kappa shape index (κ1) is 17.6. The quantitative estimate of drug-likeness (QED) is 0.811. The summed E-state index contributed by atoms with van der Waals surface area (Å²) in [6, 6.07) is 3.05. The summed E-state index contributed by atoms with van der Waals surface area (Å²) in [4.78, 5) is 31.7. The standard InChI is InChI=1S/C16H18BrN3O2S2/c1-10(19-14(21)12-4-5-13(17)24-12)16(22)20-7-2-3-11(9-20)15-18-6-8-23-15/h4-6,8,10-11H,2-3,7,9H2,1H3,(H,19,21). The zero-order valence-corrected chi connectivity index (χ0v) is 16.4. The van der Waals surface area contributed by atoms with Crippen LogP contribution in [0.5, 0.6) is 0 Å². The zero-order chi connectivity index (χ0) is 17.1. The van der Waals surface area contributed by atoms with Gasteiger partial charge in [-0.1, -0.05) is 0 Å². The first-order chi connectivity index (χ1) is 11.5. The Morgan fingerprint density at radius 2 is 2.29 bits per heavy atom. The number of hydrogen-bond acceptors (Lipinski definition) is 5. The molecule has 1 N–H and O–H groups in total. The van der Waals surface area contributed by atoms with Crippen molar-refractivity contribution in [3.05, 3.63) is 37.4 Å². The van der Waals surface area contributed by atoms with Gasteiger partial charge < -0.3 is 10.2 Å². The molecule has 2 aromatic heterocycles. The second kappa shape index (κ2) is 7.76. The minimum Gasteiger partial charge on any atom is -0.340 e. The molecule has 2 aromatic rings. The second-order valence-electron chi connectivity index (χ2n) is 5.79. The third kappa shape index (κ3) is 4.04. The summed E-state index contributed by atoms with van der Waals surface area (Å²) in [6.45, 7) is 3.17. The summed E-state index contributed by atoms with van der Waals surface area (Å²) in [5.41, 5.74) is 0. The number of carbonyl (C=O) groups is 2. The van der Waals surface area contributed by atoms with Gasteiger partial charge >= 0.3 is 0 Å². The Balaban J connectivity index is 1.59. The minimum atomic E-state index is -0.534. The van der Waals surface area contributed by atoms with Gasteiger partial charge in [0.2, 0.25) is 5.91 Å². The van der Waals surface area contributed by atoms with Gasteiger partial charge in [0.15, 0.2) is 0 Å². The fourth-order valence-corrected chi connectivity index (χ4v) is 4.91. The number of thiophene rings is 1. The Kier molecular flexibility index (Phi) is 5.68. The maximum Gasteiger partial charge on any atom is 0.262 e. The number of rotatable bonds is 4. The number of nitrogens with one attached hydrogen (secondary N) is 1. The number of amides is 2. The van der Waals surface area contributed by atoms with Gasteiger partial charge in [0, 0.05) is 30.6 Å². The number of nitrogens with zero attached hydrogens (tertiary/aromatic N) is 2. The summed E-state index contributed by atoms with van der Waals surface area (Å²) in [7, 11) is 0. The number of hydrogen-bond donors (Lipinski definition) is 1. The lowest BCUT2D eigenvalue weighted by atomic mass is 9.98. The highest BCUT2D eigenvalue weighted by atomic mass is 79.9. The van der Waals surface area contributed by atoms with Gasteiger partial charge in [-0.25, -0.2) is 4.98 Å².